The van der Waals surface area contributed by atoms with Crippen molar-refractivity contribution in [1.82, 2.24) is 34.6 Å². The van der Waals surface area contributed by atoms with Gasteiger partial charge in [-0.1, -0.05) is 11.6 Å². The first-order valence-electron chi connectivity index (χ1n) is 14.5. The second-order valence-corrected chi connectivity index (χ2v) is 14.2. The van der Waals surface area contributed by atoms with E-state index >= 15 is 4.39 Å². The van der Waals surface area contributed by atoms with Gasteiger partial charge in [-0.2, -0.15) is 5.10 Å². The zero-order chi connectivity index (χ0) is 32.5. The van der Waals surface area contributed by atoms with E-state index < -0.39 is 15.7 Å². The van der Waals surface area contributed by atoms with Crippen molar-refractivity contribution in [3.8, 4) is 28.5 Å². The van der Waals surface area contributed by atoms with Gasteiger partial charge in [0, 0.05) is 81.2 Å². The predicted octanol–water partition coefficient (Wildman–Crippen LogP) is 4.15. The number of nitrogens with one attached hydrogen (secondary N) is 1. The van der Waals surface area contributed by atoms with Crippen LogP contribution in [0.2, 0.25) is 5.15 Å². The lowest BCUT2D eigenvalue weighted by molar-refractivity contribution is 0.0323. The smallest absolute Gasteiger partial charge is 0.223 e. The van der Waals surface area contributed by atoms with Gasteiger partial charge in [-0.15, -0.1) is 0 Å². The van der Waals surface area contributed by atoms with Crippen molar-refractivity contribution >= 4 is 32.9 Å². The molecule has 1 saturated heterocycles. The summed E-state index contributed by atoms with van der Waals surface area (Å²) in [6.07, 6.45) is 6.34. The van der Waals surface area contributed by atoms with Gasteiger partial charge >= 0.3 is 0 Å². The number of nitrogen functional groups attached to an aromatic ring is 1. The average Bonchev–Trinajstić information content (AvgIpc) is 3.24. The van der Waals surface area contributed by atoms with Gasteiger partial charge in [-0.3, -0.25) is 9.88 Å². The number of ether oxygens (including phenoxy) is 1. The van der Waals surface area contributed by atoms with Crippen LogP contribution in [0.1, 0.15) is 31.5 Å². The highest BCUT2D eigenvalue weighted by molar-refractivity contribution is 7.90. The number of rotatable bonds is 12. The minimum atomic E-state index is -3.04. The van der Waals surface area contributed by atoms with Gasteiger partial charge in [0.25, 0.3) is 0 Å². The Balaban J connectivity index is 1.23. The molecule has 1 aliphatic rings. The van der Waals surface area contributed by atoms with Crippen LogP contribution in [-0.2, 0) is 23.4 Å². The maximum atomic E-state index is 15.4. The summed E-state index contributed by atoms with van der Waals surface area (Å²) in [5.41, 5.74) is 9.19. The maximum Gasteiger partial charge on any atom is 0.223 e. The molecule has 0 spiro atoms. The van der Waals surface area contributed by atoms with Crippen molar-refractivity contribution in [3.05, 3.63) is 59.0 Å². The van der Waals surface area contributed by atoms with Crippen LogP contribution >= 0.6 is 11.6 Å². The van der Waals surface area contributed by atoms with E-state index in [-0.39, 0.29) is 34.7 Å². The Hall–Kier alpha value is -3.88. The van der Waals surface area contributed by atoms with E-state index in [1.165, 1.54) is 18.5 Å². The van der Waals surface area contributed by atoms with Crippen molar-refractivity contribution in [3.63, 3.8) is 0 Å². The second-order valence-electron chi connectivity index (χ2n) is 11.6. The molecule has 45 heavy (non-hydrogen) atoms. The molecular formula is C30H37ClFN9O3S. The third kappa shape index (κ3) is 7.68. The summed E-state index contributed by atoms with van der Waals surface area (Å²) >= 11 is 6.21. The number of halogens is 2. The Morgan fingerprint density at radius 3 is 2.71 bits per heavy atom. The number of hydrogen-bond acceptors (Lipinski definition) is 11. The fourth-order valence-electron chi connectivity index (χ4n) is 5.51. The molecule has 4 aromatic rings. The number of anilines is 2. The summed E-state index contributed by atoms with van der Waals surface area (Å²) in [6.45, 7) is 7.40. The van der Waals surface area contributed by atoms with Crippen LogP contribution in [-0.4, -0.2) is 80.3 Å². The highest BCUT2D eigenvalue weighted by Gasteiger charge is 2.37. The number of aromatic nitrogens is 6. The monoisotopic (exact) mass is 657 g/mol. The molecule has 0 amide bonds. The molecule has 1 fully saturated rings. The normalized spacial score (nSPS) is 17.6. The zero-order valence-corrected chi connectivity index (χ0v) is 27.4. The van der Waals surface area contributed by atoms with Crippen molar-refractivity contribution < 1.29 is 17.5 Å². The summed E-state index contributed by atoms with van der Waals surface area (Å²) in [6, 6.07) is 4.81. The van der Waals surface area contributed by atoms with Gasteiger partial charge in [0.05, 0.1) is 17.6 Å². The summed E-state index contributed by atoms with van der Waals surface area (Å²) in [7, 11) is -1.25. The lowest BCUT2D eigenvalue weighted by atomic mass is 9.91. The van der Waals surface area contributed by atoms with Crippen molar-refractivity contribution in [1.29, 1.82) is 0 Å². The molecule has 5 rings (SSSR count). The van der Waals surface area contributed by atoms with E-state index in [9.17, 15) is 8.42 Å². The van der Waals surface area contributed by atoms with E-state index in [2.05, 4.69) is 35.3 Å². The summed E-state index contributed by atoms with van der Waals surface area (Å²) in [4.78, 5) is 19.4. The van der Waals surface area contributed by atoms with Crippen molar-refractivity contribution in [2.24, 2.45) is 13.0 Å². The third-order valence-corrected chi connectivity index (χ3v) is 9.14. The lowest BCUT2D eigenvalue weighted by Crippen LogP contribution is -2.56. The molecule has 240 valence electrons. The van der Waals surface area contributed by atoms with Crippen LogP contribution in [0.25, 0.3) is 22.6 Å². The van der Waals surface area contributed by atoms with Crippen LogP contribution in [0.15, 0.2) is 36.8 Å². The fraction of sp³-hybridized carbons (Fsp3) is 0.433. The number of nitrogens with two attached hydrogens (primary N) is 1. The van der Waals surface area contributed by atoms with E-state index in [1.807, 2.05) is 20.8 Å². The number of aryl methyl sites for hydroxylation is 2. The summed E-state index contributed by atoms with van der Waals surface area (Å²) in [5.74, 6) is 1.07. The number of sulfone groups is 1. The largest absolute Gasteiger partial charge is 0.474 e. The van der Waals surface area contributed by atoms with Gasteiger partial charge in [0.1, 0.15) is 37.9 Å². The van der Waals surface area contributed by atoms with Crippen LogP contribution in [0, 0.1) is 18.7 Å². The lowest BCUT2D eigenvalue weighted by Gasteiger charge is -2.46. The standard InChI is InChI=1S/C30H37ClFN9O3S/c1-17(44-30-27(18(2)39-40(30)4)29-35-9-7-26(33)38-29)6-8-34-24-11-25(31)36-13-22(24)28-23(32)10-20(12-37-28)14-41-15-21(19(41)3)16-45(5,42)43/h7,9-13,17,19,21H,6,8,14-16H2,1-5H3,(H,34,36)(H2,33,35,38)/t17-,19+,21+/m0/s1. The molecule has 0 aromatic carbocycles. The first-order valence-corrected chi connectivity index (χ1v) is 17.0. The van der Waals surface area contributed by atoms with E-state index in [4.69, 9.17) is 22.1 Å². The Labute approximate surface area is 267 Å². The Morgan fingerprint density at radius 1 is 1.24 bits per heavy atom. The van der Waals surface area contributed by atoms with Gasteiger partial charge < -0.3 is 15.8 Å². The van der Waals surface area contributed by atoms with Gasteiger partial charge in [0.2, 0.25) is 5.88 Å². The number of nitrogens with zero attached hydrogens (tertiary/aromatic N) is 7. The fourth-order valence-corrected chi connectivity index (χ4v) is 6.83. The van der Waals surface area contributed by atoms with Crippen LogP contribution < -0.4 is 15.8 Å². The zero-order valence-electron chi connectivity index (χ0n) is 25.8. The molecule has 1 aliphatic heterocycles. The maximum absolute atomic E-state index is 15.4. The van der Waals surface area contributed by atoms with E-state index in [0.717, 1.165) is 5.69 Å². The number of likely N-dealkylation sites (tertiary alicyclic amines) is 1. The molecule has 0 unspecified atom stereocenters. The topological polar surface area (TPSA) is 154 Å². The van der Waals surface area contributed by atoms with Crippen LogP contribution in [0.5, 0.6) is 5.88 Å². The second kappa shape index (κ2) is 13.2. The first kappa shape index (κ1) is 32.5. The molecule has 0 aliphatic carbocycles. The molecule has 0 bridgehead atoms. The van der Waals surface area contributed by atoms with Gasteiger partial charge in [-0.05, 0) is 44.5 Å². The molecule has 0 radical (unpaired) electrons. The minimum Gasteiger partial charge on any atom is -0.474 e. The number of pyridine rings is 2. The third-order valence-electron chi connectivity index (χ3n) is 7.90. The molecular weight excluding hydrogens is 621 g/mol. The molecule has 0 saturated carbocycles. The SMILES string of the molecule is Cc1nn(C)c(O[C@@H](C)CCNc2cc(Cl)ncc2-c2ncc(CN3C[C@H](CS(C)(=O)=O)[C@H]3C)cc2F)c1-c1nccc(N)n1. The molecule has 3 atom stereocenters. The molecule has 3 N–H and O–H groups in total. The Kier molecular flexibility index (Phi) is 9.56. The van der Waals surface area contributed by atoms with Crippen molar-refractivity contribution in [2.75, 3.05) is 36.1 Å². The quantitative estimate of drug-likeness (QED) is 0.211. The molecule has 4 aromatic heterocycles. The highest BCUT2D eigenvalue weighted by Crippen LogP contribution is 2.33. The van der Waals surface area contributed by atoms with Gasteiger partial charge in [-0.25, -0.2) is 32.4 Å². The molecule has 12 nitrogen and oxygen atoms in total. The average molecular weight is 658 g/mol. The summed E-state index contributed by atoms with van der Waals surface area (Å²) in [5, 5.41) is 8.07. The summed E-state index contributed by atoms with van der Waals surface area (Å²) < 4.78 is 46.7. The van der Waals surface area contributed by atoms with E-state index in [0.29, 0.717) is 66.0 Å². The first-order chi connectivity index (χ1) is 21.3. The van der Waals surface area contributed by atoms with E-state index in [1.54, 1.807) is 36.3 Å². The highest BCUT2D eigenvalue weighted by atomic mass is 35.5. The molecule has 15 heteroatoms. The molecule has 5 heterocycles. The van der Waals surface area contributed by atoms with Crippen molar-refractivity contribution in [2.45, 2.75) is 45.9 Å². The minimum absolute atomic E-state index is 0.0755. The van der Waals surface area contributed by atoms with Crippen LogP contribution in [0.4, 0.5) is 15.9 Å². The van der Waals surface area contributed by atoms with Gasteiger partial charge in [0.15, 0.2) is 5.82 Å². The Bertz CT molecular complexity index is 1800. The predicted molar refractivity (Wildman–Crippen MR) is 172 cm³/mol. The Morgan fingerprint density at radius 2 is 2.02 bits per heavy atom. The van der Waals surface area contributed by atoms with Crippen LogP contribution in [0.3, 0.4) is 0 Å². The number of hydrogen-bond donors (Lipinski definition) is 2.